The highest BCUT2D eigenvalue weighted by Crippen LogP contribution is 2.48. The summed E-state index contributed by atoms with van der Waals surface area (Å²) in [4.78, 5) is 40.1. The largest absolute Gasteiger partial charge is 0.481 e. The fourth-order valence-electron chi connectivity index (χ4n) is 8.59. The molecule has 0 aliphatic carbocycles. The molecular formula is C47H69N4O17S+. The first-order valence-corrected chi connectivity index (χ1v) is 24.4. The third-order valence-electron chi connectivity index (χ3n) is 12.7. The van der Waals surface area contributed by atoms with Crippen LogP contribution in [0.3, 0.4) is 0 Å². The molecule has 8 atom stereocenters. The van der Waals surface area contributed by atoms with Gasteiger partial charge in [-0.25, -0.2) is 0 Å². The van der Waals surface area contributed by atoms with Crippen LogP contribution in [0.25, 0.3) is 0 Å². The number of benzene rings is 2. The standard InChI is InChI=1S/C47H68N4O17S/c1-46(2)29-21-27(44(64)48-23-33(54)40(60)42(62)35(56)25-52)14-16-31(29)50(18-7-5-6-13-39(58)59)37(46)11-10-12-38-47(3,4)30-22-28(15-17-32(30)51(38)19-8-9-20-69(66,67)68)45(65)49-24-34(55)41(61)43(63)36(57)26-53/h10-12,14-17,21-22,33-36,40-43,52-57,60-63H,5-9,13,18-20,23-26H2,1-4H3,(H3-,48,49,58,59,64,65,66,67,68)/p+1. The Bertz CT molecular complexity index is 2330. The van der Waals surface area contributed by atoms with Crippen LogP contribution < -0.4 is 15.5 Å². The predicted molar refractivity (Wildman–Crippen MR) is 252 cm³/mol. The minimum Gasteiger partial charge on any atom is -0.481 e. The lowest BCUT2D eigenvalue weighted by molar-refractivity contribution is -0.438. The van der Waals surface area contributed by atoms with Crippen LogP contribution in [0.1, 0.15) is 98.1 Å². The summed E-state index contributed by atoms with van der Waals surface area (Å²) in [6.45, 7) is 5.94. The van der Waals surface area contributed by atoms with Gasteiger partial charge in [0.25, 0.3) is 21.9 Å². The first kappa shape index (κ1) is 56.9. The number of nitrogens with zero attached hydrogens (tertiary/aromatic N) is 2. The molecule has 0 saturated heterocycles. The minimum absolute atomic E-state index is 0.0180. The molecule has 21 nitrogen and oxygen atoms in total. The summed E-state index contributed by atoms with van der Waals surface area (Å²) in [5, 5.41) is 113. The van der Waals surface area contributed by atoms with Gasteiger partial charge in [-0.05, 0) is 75.1 Å². The number of carboxylic acids is 1. The van der Waals surface area contributed by atoms with Crippen LogP contribution in [-0.2, 0) is 25.7 Å². The van der Waals surface area contributed by atoms with Crippen molar-refractivity contribution in [3.05, 3.63) is 82.6 Å². The predicted octanol–water partition coefficient (Wildman–Crippen LogP) is -1.05. The number of rotatable bonds is 27. The van der Waals surface area contributed by atoms with E-state index in [9.17, 15) is 73.3 Å². The number of hydrogen-bond acceptors (Lipinski definition) is 16. The highest BCUT2D eigenvalue weighted by molar-refractivity contribution is 7.85. The van der Waals surface area contributed by atoms with Crippen LogP contribution >= 0.6 is 0 Å². The number of carbonyl (C=O) groups excluding carboxylic acids is 2. The molecule has 0 aromatic heterocycles. The average Bonchev–Trinajstić information content (AvgIpc) is 3.65. The zero-order valence-corrected chi connectivity index (χ0v) is 40.0. The van der Waals surface area contributed by atoms with Gasteiger partial charge in [-0.15, -0.1) is 0 Å². The molecule has 2 aromatic rings. The Balaban J connectivity index is 1.68. The number of nitrogens with one attached hydrogen (secondary N) is 2. The number of allylic oxidation sites excluding steroid dienone is 4. The Morgan fingerprint density at radius 1 is 0.696 bits per heavy atom. The van der Waals surface area contributed by atoms with E-state index in [4.69, 9.17) is 10.2 Å². The molecule has 2 amide bonds. The normalized spacial score (nSPS) is 19.4. The molecule has 8 unspecified atom stereocenters. The molecule has 69 heavy (non-hydrogen) atoms. The summed E-state index contributed by atoms with van der Waals surface area (Å²) in [5.74, 6) is -2.56. The van der Waals surface area contributed by atoms with Gasteiger partial charge in [-0.3, -0.25) is 18.9 Å². The van der Waals surface area contributed by atoms with Crippen LogP contribution in [0.5, 0.6) is 0 Å². The Kier molecular flexibility index (Phi) is 20.1. The van der Waals surface area contributed by atoms with Crippen molar-refractivity contribution in [1.29, 1.82) is 0 Å². The SMILES string of the molecule is CC1(C)C(/C=C/C=C2/N(CCCCCC(=O)O)c3ccc(C(=O)NCC(O)C(O)C(O)C(O)CO)cc3C2(C)C)=[N+](CCCCS(=O)(=O)O)c2ccc(C(=O)NCC(O)C(O)C(O)C(O)CO)cc21. The molecule has 0 bridgehead atoms. The number of aliphatic hydroxyl groups is 10. The third kappa shape index (κ3) is 14.2. The first-order valence-electron chi connectivity index (χ1n) is 22.8. The summed E-state index contributed by atoms with van der Waals surface area (Å²) in [6, 6.07) is 10.0. The van der Waals surface area contributed by atoms with Crippen molar-refractivity contribution in [1.82, 2.24) is 10.6 Å². The molecule has 4 rings (SSSR count). The van der Waals surface area contributed by atoms with E-state index in [-0.39, 0.29) is 24.0 Å². The van der Waals surface area contributed by atoms with Crippen LogP contribution in [-0.4, -0.2) is 191 Å². The first-order chi connectivity index (χ1) is 32.3. The molecule has 2 aliphatic rings. The lowest BCUT2D eigenvalue weighted by Crippen LogP contribution is -2.49. The van der Waals surface area contributed by atoms with Crippen molar-refractivity contribution in [2.24, 2.45) is 0 Å². The Morgan fingerprint density at radius 2 is 1.22 bits per heavy atom. The van der Waals surface area contributed by atoms with E-state index in [1.165, 1.54) is 0 Å². The van der Waals surface area contributed by atoms with E-state index in [2.05, 4.69) is 15.5 Å². The number of hydrogen-bond donors (Lipinski definition) is 14. The molecule has 2 aliphatic heterocycles. The molecule has 0 spiro atoms. The lowest BCUT2D eigenvalue weighted by Gasteiger charge is -2.27. The summed E-state index contributed by atoms with van der Waals surface area (Å²) in [5.41, 5.74) is 3.53. The van der Waals surface area contributed by atoms with E-state index in [1.54, 1.807) is 36.4 Å². The Labute approximate surface area is 401 Å². The lowest BCUT2D eigenvalue weighted by atomic mass is 9.80. The van der Waals surface area contributed by atoms with Gasteiger partial charge in [-0.1, -0.05) is 26.3 Å². The fourth-order valence-corrected chi connectivity index (χ4v) is 9.16. The van der Waals surface area contributed by atoms with Crippen molar-refractivity contribution < 1.29 is 88.1 Å². The highest BCUT2D eigenvalue weighted by atomic mass is 32.2. The second kappa shape index (κ2) is 24.4. The van der Waals surface area contributed by atoms with E-state index in [0.29, 0.717) is 38.8 Å². The zero-order chi connectivity index (χ0) is 51.6. The second-order valence-corrected chi connectivity index (χ2v) is 20.1. The van der Waals surface area contributed by atoms with E-state index in [1.807, 2.05) is 50.5 Å². The molecule has 384 valence electrons. The number of aliphatic hydroxyl groups excluding tert-OH is 10. The molecule has 0 fully saturated rings. The summed E-state index contributed by atoms with van der Waals surface area (Å²) in [6.07, 6.45) is -6.36. The van der Waals surface area contributed by atoms with Crippen LogP contribution in [0, 0.1) is 0 Å². The van der Waals surface area contributed by atoms with Crippen molar-refractivity contribution in [3.8, 4) is 0 Å². The number of aliphatic carboxylic acids is 1. The van der Waals surface area contributed by atoms with Crippen molar-refractivity contribution >= 4 is 45.0 Å². The molecule has 22 heteroatoms. The maximum atomic E-state index is 13.4. The second-order valence-electron chi connectivity index (χ2n) is 18.5. The third-order valence-corrected chi connectivity index (χ3v) is 13.5. The molecule has 2 aromatic carbocycles. The minimum atomic E-state index is -4.22. The maximum absolute atomic E-state index is 13.4. The van der Waals surface area contributed by atoms with E-state index < -0.39 is 120 Å². The van der Waals surface area contributed by atoms with Gasteiger partial charge in [-0.2, -0.15) is 13.0 Å². The van der Waals surface area contributed by atoms with Gasteiger partial charge < -0.3 is 71.7 Å². The summed E-state index contributed by atoms with van der Waals surface area (Å²) in [7, 11) is -4.22. The molecule has 2 heterocycles. The summed E-state index contributed by atoms with van der Waals surface area (Å²) >= 11 is 0. The highest BCUT2D eigenvalue weighted by Gasteiger charge is 2.45. The Morgan fingerprint density at radius 3 is 1.74 bits per heavy atom. The number of carboxylic acid groups (broad SMARTS) is 1. The molecule has 14 N–H and O–H groups in total. The fraction of sp³-hybridized carbons (Fsp3) is 0.574. The van der Waals surface area contributed by atoms with Gasteiger partial charge in [0.2, 0.25) is 5.69 Å². The monoisotopic (exact) mass is 993 g/mol. The van der Waals surface area contributed by atoms with Gasteiger partial charge in [0.05, 0.1) is 36.6 Å². The van der Waals surface area contributed by atoms with Crippen LogP contribution in [0.15, 0.2) is 60.3 Å². The quantitative estimate of drug-likeness (QED) is 0.0288. The zero-order valence-electron chi connectivity index (χ0n) is 39.2. The molecule has 0 radical (unpaired) electrons. The smallest absolute Gasteiger partial charge is 0.303 e. The van der Waals surface area contributed by atoms with Gasteiger partial charge in [0.15, 0.2) is 5.71 Å². The van der Waals surface area contributed by atoms with Crippen molar-refractivity contribution in [3.63, 3.8) is 0 Å². The van der Waals surface area contributed by atoms with Gasteiger partial charge >= 0.3 is 5.97 Å². The molecule has 0 saturated carbocycles. The number of carbonyl (C=O) groups is 3. The van der Waals surface area contributed by atoms with Crippen molar-refractivity contribution in [2.45, 2.75) is 126 Å². The average molecular weight is 994 g/mol. The van der Waals surface area contributed by atoms with E-state index >= 15 is 0 Å². The van der Waals surface area contributed by atoms with Crippen LogP contribution in [0.2, 0.25) is 0 Å². The van der Waals surface area contributed by atoms with Gasteiger partial charge in [0.1, 0.15) is 43.2 Å². The number of fused-ring (bicyclic) bond motifs is 2. The number of amides is 2. The topological polar surface area (TPSA) is 358 Å². The van der Waals surface area contributed by atoms with Gasteiger partial charge in [0, 0.05) is 78.1 Å². The number of anilines is 1. The molecular weight excluding hydrogens is 925 g/mol. The Hall–Kier alpha value is -4.69. The number of unbranched alkanes of at least 4 members (excludes halogenated alkanes) is 3. The van der Waals surface area contributed by atoms with Crippen molar-refractivity contribution in [2.75, 3.05) is 50.0 Å². The maximum Gasteiger partial charge on any atom is 0.303 e. The van der Waals surface area contributed by atoms with Crippen LogP contribution in [0.4, 0.5) is 11.4 Å². The van der Waals surface area contributed by atoms with E-state index in [0.717, 1.165) is 33.9 Å². The summed E-state index contributed by atoms with van der Waals surface area (Å²) < 4.78 is 34.5.